The van der Waals surface area contributed by atoms with Crippen molar-refractivity contribution in [2.75, 3.05) is 14.7 Å². The van der Waals surface area contributed by atoms with E-state index in [1.807, 2.05) is 146 Å². The Kier molecular flexibility index (Phi) is 20.5. The SMILES string of the molecule is CC1(C)c2ccccc2-c2ccc(N(c3cccc(C(=O)Oc4ccc(C(c5ccccc5)(c5ccc(OC(=O)c6cccc(N(c7ccc8c(c7)C(C)(C)c7ccccc7-8)c7ccc8c(c7)C(C)(C)c7ccccc7-8)c6)cc5)c5ccc(OC(=O)c6cccc(N(c7ccc8c(c7)C(C)(C)c7ccccc7-8)c7ccc8c(c7)C(C)(C)c7ccccc7-8)c6)cc5)cc4)c3)c3ccc4c(c3)C(C)(C)c3ccccc3-4)cc21. The van der Waals surface area contributed by atoms with E-state index in [4.69, 9.17) is 14.2 Å². The summed E-state index contributed by atoms with van der Waals surface area (Å²) in [5, 5.41) is 0. The van der Waals surface area contributed by atoms with Gasteiger partial charge in [0.25, 0.3) is 0 Å². The number of esters is 3. The maximum atomic E-state index is 15.3. The highest BCUT2D eigenvalue weighted by Crippen LogP contribution is 2.60. The fraction of sp³-hybridized carbons (Fsp3) is 0.140. The van der Waals surface area contributed by atoms with Gasteiger partial charge in [0.15, 0.2) is 0 Å². The van der Waals surface area contributed by atoms with Gasteiger partial charge in [-0.25, -0.2) is 14.4 Å². The van der Waals surface area contributed by atoms with Gasteiger partial charge < -0.3 is 28.9 Å². The summed E-state index contributed by atoms with van der Waals surface area (Å²) in [6.45, 7) is 27.7. The number of benzene rings is 19. The molecule has 0 aliphatic heterocycles. The Labute approximate surface area is 848 Å². The second-order valence-corrected chi connectivity index (χ2v) is 42.9. The summed E-state index contributed by atoms with van der Waals surface area (Å²) in [4.78, 5) is 52.7. The lowest BCUT2D eigenvalue weighted by Gasteiger charge is -2.37. The van der Waals surface area contributed by atoms with E-state index in [1.165, 1.54) is 134 Å². The molecule has 9 heteroatoms. The Bertz CT molecular complexity index is 7530. The van der Waals surface area contributed by atoms with Crippen LogP contribution in [0, 0.1) is 0 Å². The zero-order chi connectivity index (χ0) is 99.1. The Morgan fingerprint density at radius 3 is 0.566 bits per heavy atom. The van der Waals surface area contributed by atoms with Crippen LogP contribution in [0.5, 0.6) is 17.2 Å². The quantitative estimate of drug-likeness (QED) is 0.0446. The van der Waals surface area contributed by atoms with Crippen LogP contribution in [0.3, 0.4) is 0 Å². The maximum Gasteiger partial charge on any atom is 0.343 e. The second kappa shape index (κ2) is 33.3. The molecule has 0 atom stereocenters. The van der Waals surface area contributed by atoms with E-state index in [0.717, 1.165) is 73.4 Å². The van der Waals surface area contributed by atoms with Crippen molar-refractivity contribution in [3.63, 3.8) is 0 Å². The molecule has 0 spiro atoms. The molecule has 0 saturated heterocycles. The fourth-order valence-electron chi connectivity index (χ4n) is 25.2. The minimum absolute atomic E-state index is 0.274. The van der Waals surface area contributed by atoms with E-state index in [9.17, 15) is 0 Å². The van der Waals surface area contributed by atoms with Gasteiger partial charge in [-0.1, -0.05) is 350 Å². The maximum absolute atomic E-state index is 15.3. The molecule has 6 aliphatic rings. The van der Waals surface area contributed by atoms with Crippen LogP contribution in [0.4, 0.5) is 51.2 Å². The predicted molar refractivity (Wildman–Crippen MR) is 588 cm³/mol. The molecule has 19 aromatic rings. The number of anilines is 9. The predicted octanol–water partition coefficient (Wildman–Crippen LogP) is 34.0. The standard InChI is InChI=1S/C136H107N3O6/c1-130(2)115-45-22-16-39-103(115)109-69-57-94(78-121(109)130)137(95-58-70-110-104-40-17-23-46-116(104)131(3,4)122(110)79-95)91-36-28-31-84(75-91)127(140)143-100-63-51-88(52-64-100)136(87-34-14-13-15-35-87,89-53-65-101(66-54-89)144-128(141)85-32-29-37-92(76-85)138(96-59-71-111-105-41-18-24-47-117(105)132(5,6)123(111)80-96)97-60-72-112-106-42-19-25-48-118(106)133(7,8)124(112)81-97)90-55-67-102(68-56-90)145-129(142)86-33-30-38-93(77-86)139(98-61-73-113-107-43-20-26-49-119(107)134(9,10)125(113)82-98)99-62-74-114-108-44-21-27-50-120(108)135(11,12)126(114)83-99/h13-83H,1-12H3. The third kappa shape index (κ3) is 14.1. The first-order valence-electron chi connectivity index (χ1n) is 50.3. The Morgan fingerprint density at radius 2 is 0.352 bits per heavy atom. The van der Waals surface area contributed by atoms with Crippen molar-refractivity contribution < 1.29 is 28.6 Å². The van der Waals surface area contributed by atoms with E-state index in [2.05, 4.69) is 383 Å². The van der Waals surface area contributed by atoms with Crippen LogP contribution in [0.25, 0.3) is 66.8 Å². The van der Waals surface area contributed by atoms with Crippen molar-refractivity contribution in [2.24, 2.45) is 0 Å². The number of carbonyl (C=O) groups excluding carboxylic acids is 3. The van der Waals surface area contributed by atoms with Crippen molar-refractivity contribution >= 4 is 69.1 Å². The molecule has 0 N–H and O–H groups in total. The zero-order valence-electron chi connectivity index (χ0n) is 83.3. The summed E-state index contributed by atoms with van der Waals surface area (Å²) in [5.74, 6) is -0.600. The van der Waals surface area contributed by atoms with Gasteiger partial charge in [-0.15, -0.1) is 0 Å². The van der Waals surface area contributed by atoms with Gasteiger partial charge in [0.2, 0.25) is 0 Å². The zero-order valence-corrected chi connectivity index (χ0v) is 83.3. The summed E-state index contributed by atoms with van der Waals surface area (Å²) in [5.41, 5.74) is 39.7. The average Bonchev–Trinajstić information content (AvgIpc) is 1.61. The molecule has 19 aromatic carbocycles. The van der Waals surface area contributed by atoms with Crippen molar-refractivity contribution in [3.05, 3.63) is 536 Å². The first-order valence-corrected chi connectivity index (χ1v) is 50.3. The van der Waals surface area contributed by atoms with Gasteiger partial charge in [-0.3, -0.25) is 0 Å². The molecule has 0 bridgehead atoms. The van der Waals surface area contributed by atoms with Crippen LogP contribution >= 0.6 is 0 Å². The van der Waals surface area contributed by atoms with Crippen LogP contribution < -0.4 is 28.9 Å². The molecular formula is C136H107N3O6. The lowest BCUT2D eigenvalue weighted by molar-refractivity contribution is 0.0725. The first kappa shape index (κ1) is 89.3. The molecule has 0 fully saturated rings. The number of ether oxygens (including phenoxy) is 3. The van der Waals surface area contributed by atoms with Gasteiger partial charge in [0.05, 0.1) is 22.1 Å². The number of nitrogens with zero attached hydrogens (tertiary/aromatic N) is 3. The van der Waals surface area contributed by atoms with E-state index in [-0.39, 0.29) is 32.5 Å². The molecule has 0 aromatic heterocycles. The summed E-state index contributed by atoms with van der Waals surface area (Å²) in [6, 6.07) is 150. The van der Waals surface area contributed by atoms with E-state index < -0.39 is 23.3 Å². The number of hydrogen-bond donors (Lipinski definition) is 0. The van der Waals surface area contributed by atoms with E-state index >= 15 is 14.4 Å². The lowest BCUT2D eigenvalue weighted by atomic mass is 9.65. The molecule has 25 rings (SSSR count). The van der Waals surface area contributed by atoms with E-state index in [1.54, 1.807) is 0 Å². The smallest absolute Gasteiger partial charge is 0.343 e. The Balaban J connectivity index is 0.562. The molecule has 702 valence electrons. The van der Waals surface area contributed by atoms with Gasteiger partial charge in [-0.2, -0.15) is 0 Å². The Morgan fingerprint density at radius 1 is 0.172 bits per heavy atom. The average molecular weight is 1880 g/mol. The van der Waals surface area contributed by atoms with E-state index in [0.29, 0.717) is 33.9 Å². The van der Waals surface area contributed by atoms with Crippen LogP contribution in [0.2, 0.25) is 0 Å². The van der Waals surface area contributed by atoms with Crippen LogP contribution in [0.1, 0.15) is 203 Å². The highest BCUT2D eigenvalue weighted by Gasteiger charge is 2.45. The molecule has 6 aliphatic carbocycles. The molecule has 0 saturated carbocycles. The summed E-state index contributed by atoms with van der Waals surface area (Å²) in [6.07, 6.45) is 0. The molecule has 0 unspecified atom stereocenters. The normalized spacial score (nSPS) is 14.8. The van der Waals surface area contributed by atoms with Gasteiger partial charge in [0, 0.05) is 83.7 Å². The third-order valence-electron chi connectivity index (χ3n) is 32.7. The van der Waals surface area contributed by atoms with Crippen molar-refractivity contribution in [1.82, 2.24) is 0 Å². The highest BCUT2D eigenvalue weighted by atomic mass is 16.5. The van der Waals surface area contributed by atoms with Crippen LogP contribution in [-0.4, -0.2) is 17.9 Å². The minimum Gasteiger partial charge on any atom is -0.423 e. The lowest BCUT2D eigenvalue weighted by Crippen LogP contribution is -2.31. The number of fused-ring (bicyclic) bond motifs is 18. The van der Waals surface area contributed by atoms with Gasteiger partial charge in [0.1, 0.15) is 17.2 Å². The van der Waals surface area contributed by atoms with Crippen molar-refractivity contribution in [2.45, 2.75) is 121 Å². The second-order valence-electron chi connectivity index (χ2n) is 42.9. The van der Waals surface area contributed by atoms with Gasteiger partial charge >= 0.3 is 17.9 Å². The Hall–Kier alpha value is -17.0. The molecular weight excluding hydrogens is 1770 g/mol. The molecule has 0 amide bonds. The molecule has 145 heavy (non-hydrogen) atoms. The summed E-state index contributed by atoms with van der Waals surface area (Å²) >= 11 is 0. The topological polar surface area (TPSA) is 88.6 Å². The number of rotatable bonds is 19. The largest absolute Gasteiger partial charge is 0.423 e. The molecule has 0 heterocycles. The van der Waals surface area contributed by atoms with Crippen molar-refractivity contribution in [3.8, 4) is 84.0 Å². The third-order valence-corrected chi connectivity index (χ3v) is 32.7. The summed E-state index contributed by atoms with van der Waals surface area (Å²) < 4.78 is 19.7. The van der Waals surface area contributed by atoms with Crippen molar-refractivity contribution in [1.29, 1.82) is 0 Å². The number of hydrogen-bond acceptors (Lipinski definition) is 9. The fourth-order valence-corrected chi connectivity index (χ4v) is 25.2. The minimum atomic E-state index is -1.15. The molecule has 0 radical (unpaired) electrons. The van der Waals surface area contributed by atoms with Crippen LogP contribution in [-0.2, 0) is 37.9 Å². The molecule has 9 nitrogen and oxygen atoms in total. The highest BCUT2D eigenvalue weighted by molar-refractivity contribution is 5.99. The number of carbonyl (C=O) groups is 3. The summed E-state index contributed by atoms with van der Waals surface area (Å²) in [7, 11) is 0. The van der Waals surface area contributed by atoms with Gasteiger partial charge in [-0.05, 0) is 320 Å². The first-order chi connectivity index (χ1) is 70.1. The van der Waals surface area contributed by atoms with Crippen LogP contribution in [0.15, 0.2) is 431 Å². The monoisotopic (exact) mass is 1880 g/mol.